The average Bonchev–Trinajstić information content (AvgIpc) is 3.14. The molecule has 32 heavy (non-hydrogen) atoms. The van der Waals surface area contributed by atoms with Crippen LogP contribution in [-0.4, -0.2) is 20.7 Å². The Labute approximate surface area is 199 Å². The standard InChI is InChI=1S/C23H14Cl3N5O/c24-15-5-3-14(4-6-15)22-18(9-10-27)21(23(32)29-17-2-1-11-28-13-17)30-31(22)20-8-7-16(25)12-19(20)26/h1-8,11-13H,9H2,(H,29,32). The van der Waals surface area contributed by atoms with Gasteiger partial charge in [-0.1, -0.05) is 46.9 Å². The Bertz CT molecular complexity index is 1330. The number of halogens is 3. The summed E-state index contributed by atoms with van der Waals surface area (Å²) in [5, 5.41) is 18.2. The molecule has 4 rings (SSSR count). The van der Waals surface area contributed by atoms with Crippen molar-refractivity contribution in [3.05, 3.63) is 93.3 Å². The van der Waals surface area contributed by atoms with Gasteiger partial charge in [-0.15, -0.1) is 0 Å². The van der Waals surface area contributed by atoms with Crippen molar-refractivity contribution in [1.29, 1.82) is 5.26 Å². The molecule has 2 aromatic carbocycles. The second-order valence-electron chi connectivity index (χ2n) is 6.72. The summed E-state index contributed by atoms with van der Waals surface area (Å²) in [5.74, 6) is -0.470. The van der Waals surface area contributed by atoms with Crippen molar-refractivity contribution in [2.45, 2.75) is 6.42 Å². The maximum Gasteiger partial charge on any atom is 0.276 e. The summed E-state index contributed by atoms with van der Waals surface area (Å²) >= 11 is 18.6. The molecular formula is C23H14Cl3N5O. The number of benzene rings is 2. The number of anilines is 1. The minimum atomic E-state index is -0.470. The molecule has 2 heterocycles. The lowest BCUT2D eigenvalue weighted by Crippen LogP contribution is -2.15. The molecule has 9 heteroatoms. The van der Waals surface area contributed by atoms with Gasteiger partial charge in [0.05, 0.1) is 40.8 Å². The lowest BCUT2D eigenvalue weighted by molar-refractivity contribution is 0.102. The maximum atomic E-state index is 13.1. The van der Waals surface area contributed by atoms with Crippen LogP contribution in [0.25, 0.3) is 16.9 Å². The van der Waals surface area contributed by atoms with Gasteiger partial charge in [-0.05, 0) is 42.5 Å². The van der Waals surface area contributed by atoms with E-state index >= 15 is 0 Å². The Morgan fingerprint density at radius 1 is 1.06 bits per heavy atom. The van der Waals surface area contributed by atoms with E-state index in [1.165, 1.54) is 6.20 Å². The number of amides is 1. The Hall–Kier alpha value is -3.37. The van der Waals surface area contributed by atoms with Crippen molar-refractivity contribution < 1.29 is 4.79 Å². The molecule has 0 saturated carbocycles. The second kappa shape index (κ2) is 9.41. The third kappa shape index (κ3) is 4.46. The first-order chi connectivity index (χ1) is 15.5. The van der Waals surface area contributed by atoms with Gasteiger partial charge in [0.25, 0.3) is 5.91 Å². The van der Waals surface area contributed by atoms with Gasteiger partial charge in [0.2, 0.25) is 0 Å². The number of carbonyl (C=O) groups excluding carboxylic acids is 1. The predicted molar refractivity (Wildman–Crippen MR) is 126 cm³/mol. The van der Waals surface area contributed by atoms with Crippen molar-refractivity contribution >= 4 is 46.4 Å². The van der Waals surface area contributed by atoms with E-state index in [9.17, 15) is 10.1 Å². The van der Waals surface area contributed by atoms with Crippen molar-refractivity contribution in [2.24, 2.45) is 0 Å². The molecule has 2 aromatic heterocycles. The van der Waals surface area contributed by atoms with E-state index < -0.39 is 5.91 Å². The molecule has 0 aliphatic rings. The first-order valence-corrected chi connectivity index (χ1v) is 10.5. The van der Waals surface area contributed by atoms with Gasteiger partial charge in [0, 0.05) is 27.4 Å². The van der Waals surface area contributed by atoms with Crippen LogP contribution in [0.15, 0.2) is 67.0 Å². The fourth-order valence-electron chi connectivity index (χ4n) is 3.24. The predicted octanol–water partition coefficient (Wildman–Crippen LogP) is 6.21. The summed E-state index contributed by atoms with van der Waals surface area (Å²) in [4.78, 5) is 17.1. The zero-order valence-electron chi connectivity index (χ0n) is 16.4. The molecule has 0 bridgehead atoms. The third-order valence-electron chi connectivity index (χ3n) is 4.63. The fourth-order valence-corrected chi connectivity index (χ4v) is 3.85. The molecule has 0 saturated heterocycles. The van der Waals surface area contributed by atoms with Crippen LogP contribution in [-0.2, 0) is 6.42 Å². The number of nitrogens with one attached hydrogen (secondary N) is 1. The number of hydrogen-bond donors (Lipinski definition) is 1. The second-order valence-corrected chi connectivity index (χ2v) is 8.00. The fraction of sp³-hybridized carbons (Fsp3) is 0.0435. The highest BCUT2D eigenvalue weighted by atomic mass is 35.5. The van der Waals surface area contributed by atoms with Gasteiger partial charge in [-0.2, -0.15) is 10.4 Å². The molecule has 0 aliphatic heterocycles. The summed E-state index contributed by atoms with van der Waals surface area (Å²) in [6, 6.07) is 17.6. The molecule has 0 unspecified atom stereocenters. The van der Waals surface area contributed by atoms with Crippen LogP contribution in [0.2, 0.25) is 15.1 Å². The van der Waals surface area contributed by atoms with Crippen LogP contribution in [0.1, 0.15) is 16.1 Å². The van der Waals surface area contributed by atoms with E-state index in [-0.39, 0.29) is 12.1 Å². The monoisotopic (exact) mass is 481 g/mol. The topological polar surface area (TPSA) is 83.6 Å². The maximum absolute atomic E-state index is 13.1. The van der Waals surface area contributed by atoms with Gasteiger partial charge in [0.1, 0.15) is 0 Å². The van der Waals surface area contributed by atoms with E-state index in [0.717, 1.165) is 5.56 Å². The highest BCUT2D eigenvalue weighted by molar-refractivity contribution is 6.35. The minimum Gasteiger partial charge on any atom is -0.319 e. The van der Waals surface area contributed by atoms with Gasteiger partial charge >= 0.3 is 0 Å². The summed E-state index contributed by atoms with van der Waals surface area (Å²) in [6.07, 6.45) is 3.08. The Morgan fingerprint density at radius 3 is 2.47 bits per heavy atom. The molecule has 1 amide bonds. The van der Waals surface area contributed by atoms with E-state index in [0.29, 0.717) is 37.7 Å². The number of nitriles is 1. The summed E-state index contributed by atoms with van der Waals surface area (Å²) in [5.41, 5.74) is 2.86. The number of rotatable bonds is 5. The number of hydrogen-bond acceptors (Lipinski definition) is 4. The number of nitrogens with zero attached hydrogens (tertiary/aromatic N) is 4. The Morgan fingerprint density at radius 2 is 1.81 bits per heavy atom. The van der Waals surface area contributed by atoms with Gasteiger partial charge in [0.15, 0.2) is 5.69 Å². The van der Waals surface area contributed by atoms with Gasteiger partial charge in [-0.25, -0.2) is 4.68 Å². The first kappa shape index (κ1) is 21.8. The van der Waals surface area contributed by atoms with E-state index in [1.807, 2.05) is 0 Å². The van der Waals surface area contributed by atoms with E-state index in [1.54, 1.807) is 65.5 Å². The van der Waals surface area contributed by atoms with Crippen molar-refractivity contribution in [2.75, 3.05) is 5.32 Å². The molecule has 0 fully saturated rings. The van der Waals surface area contributed by atoms with Crippen LogP contribution < -0.4 is 5.32 Å². The molecule has 0 atom stereocenters. The third-order valence-corrected chi connectivity index (χ3v) is 5.42. The van der Waals surface area contributed by atoms with Crippen LogP contribution >= 0.6 is 34.8 Å². The molecule has 158 valence electrons. The first-order valence-electron chi connectivity index (χ1n) is 9.39. The molecule has 6 nitrogen and oxygen atoms in total. The molecule has 0 spiro atoms. The summed E-state index contributed by atoms with van der Waals surface area (Å²) in [7, 11) is 0. The van der Waals surface area contributed by atoms with Crippen LogP contribution in [0.4, 0.5) is 5.69 Å². The number of pyridine rings is 1. The van der Waals surface area contributed by atoms with Crippen LogP contribution in [0, 0.1) is 11.3 Å². The summed E-state index contributed by atoms with van der Waals surface area (Å²) < 4.78 is 1.55. The van der Waals surface area contributed by atoms with E-state index in [2.05, 4.69) is 21.5 Å². The number of aromatic nitrogens is 3. The van der Waals surface area contributed by atoms with Crippen molar-refractivity contribution in [1.82, 2.24) is 14.8 Å². The van der Waals surface area contributed by atoms with Crippen molar-refractivity contribution in [3.63, 3.8) is 0 Å². The Balaban J connectivity index is 1.93. The van der Waals surface area contributed by atoms with Crippen LogP contribution in [0.3, 0.4) is 0 Å². The number of carbonyl (C=O) groups is 1. The Kier molecular flexibility index (Phi) is 6.42. The highest BCUT2D eigenvalue weighted by Gasteiger charge is 2.26. The largest absolute Gasteiger partial charge is 0.319 e. The lowest BCUT2D eigenvalue weighted by Gasteiger charge is -2.11. The smallest absolute Gasteiger partial charge is 0.276 e. The van der Waals surface area contributed by atoms with Crippen molar-refractivity contribution in [3.8, 4) is 23.0 Å². The summed E-state index contributed by atoms with van der Waals surface area (Å²) in [6.45, 7) is 0. The quantitative estimate of drug-likeness (QED) is 0.366. The van der Waals surface area contributed by atoms with E-state index in [4.69, 9.17) is 34.8 Å². The van der Waals surface area contributed by atoms with Gasteiger partial charge < -0.3 is 5.32 Å². The van der Waals surface area contributed by atoms with Gasteiger partial charge in [-0.3, -0.25) is 9.78 Å². The van der Waals surface area contributed by atoms with Crippen LogP contribution in [0.5, 0.6) is 0 Å². The average molecular weight is 483 g/mol. The lowest BCUT2D eigenvalue weighted by atomic mass is 10.0. The minimum absolute atomic E-state index is 0.0427. The zero-order valence-corrected chi connectivity index (χ0v) is 18.7. The molecule has 1 N–H and O–H groups in total. The highest BCUT2D eigenvalue weighted by Crippen LogP contribution is 2.34. The SMILES string of the molecule is N#CCc1c(C(=O)Nc2cccnc2)nn(-c2ccc(Cl)cc2Cl)c1-c1ccc(Cl)cc1. The molecule has 0 radical (unpaired) electrons. The normalized spacial score (nSPS) is 10.6. The molecular weight excluding hydrogens is 469 g/mol. The molecule has 0 aliphatic carbocycles. The zero-order chi connectivity index (χ0) is 22.7. The molecule has 4 aromatic rings.